The number of amides is 3. The van der Waals surface area contributed by atoms with Gasteiger partial charge in [0.1, 0.15) is 48.3 Å². The molecule has 1 unspecified atom stereocenters. The van der Waals surface area contributed by atoms with Gasteiger partial charge >= 0.3 is 11.9 Å². The summed E-state index contributed by atoms with van der Waals surface area (Å²) in [6.45, 7) is 9.60. The van der Waals surface area contributed by atoms with Gasteiger partial charge in [-0.15, -0.1) is 0 Å². The van der Waals surface area contributed by atoms with Crippen LogP contribution in [0.15, 0.2) is 11.1 Å². The van der Waals surface area contributed by atoms with Gasteiger partial charge in [0.25, 0.3) is 0 Å². The summed E-state index contributed by atoms with van der Waals surface area (Å²) in [6.07, 6.45) is -4.94. The van der Waals surface area contributed by atoms with Crippen LogP contribution in [0.2, 0.25) is 0 Å². The van der Waals surface area contributed by atoms with Crippen LogP contribution >= 0.6 is 0 Å². The van der Waals surface area contributed by atoms with Crippen molar-refractivity contribution >= 4 is 29.7 Å². The van der Waals surface area contributed by atoms with E-state index in [2.05, 4.69) is 26.1 Å². The Morgan fingerprint density at radius 3 is 2.27 bits per heavy atom. The molecule has 0 aromatic carbocycles. The SMILES string of the molecule is CC(C)[C@]12C[C@H]1[C@@H]1O[C@@]13[C@@]1(C)CCC4=C(COC4=O)[C@@H]1CO[C@]3(C)[C@@H]2OC(=O)CCC(=O)N1CCN(C(=O)CCC(=O)N[C@@H]2C(O)O[C@@H](CO)[C@H](O)[C@H]2O)CC1. The third-order valence-electron chi connectivity index (χ3n) is 15.0. The summed E-state index contributed by atoms with van der Waals surface area (Å²) >= 11 is 0. The molecule has 3 amide bonds. The Morgan fingerprint density at radius 2 is 1.62 bits per heavy atom. The first-order valence-corrected chi connectivity index (χ1v) is 20.1. The summed E-state index contributed by atoms with van der Waals surface area (Å²) in [5.74, 6) is -1.52. The van der Waals surface area contributed by atoms with E-state index in [1.165, 1.54) is 0 Å². The van der Waals surface area contributed by atoms with Gasteiger partial charge < -0.3 is 59.2 Å². The average Bonchev–Trinajstić information content (AvgIpc) is 4.08. The minimum atomic E-state index is -1.66. The van der Waals surface area contributed by atoms with E-state index in [0.29, 0.717) is 13.0 Å². The van der Waals surface area contributed by atoms with Crippen molar-refractivity contribution in [3.05, 3.63) is 11.1 Å². The zero-order valence-corrected chi connectivity index (χ0v) is 32.4. The number of ether oxygens (including phenoxy) is 5. The number of rotatable bonds is 10. The standard InChI is InChI=1S/C39H55N3O14/c1-19(2)38-15-22(38)32-39(56-32)36(3)10-9-20-21(17-52-33(20)50)23(36)18-53-37(39,4)35(38)55-28(47)8-7-27(46)42-13-11-41(12-14-42)26(45)6-5-25(44)40-29-31(49)30(48)24(16-43)54-34(29)51/h19,22-24,29-32,34-35,43,48-49,51H,5-18H2,1-4H3,(H,40,44)/t22-,23-,24-,29-,30-,31-,32-,34?,35-,36-,37+,38+,39+/m0/s1. The first kappa shape index (κ1) is 39.6. The van der Waals surface area contributed by atoms with Crippen molar-refractivity contribution in [1.29, 1.82) is 0 Å². The van der Waals surface area contributed by atoms with Crippen molar-refractivity contribution in [1.82, 2.24) is 15.1 Å². The zero-order valence-electron chi connectivity index (χ0n) is 32.4. The molecule has 310 valence electrons. The van der Waals surface area contributed by atoms with Gasteiger partial charge in [-0.1, -0.05) is 20.8 Å². The fourth-order valence-corrected chi connectivity index (χ4v) is 11.7. The van der Waals surface area contributed by atoms with Crippen LogP contribution < -0.4 is 5.32 Å². The molecule has 0 aromatic heterocycles. The molecule has 8 aliphatic rings. The predicted molar refractivity (Wildman–Crippen MR) is 190 cm³/mol. The smallest absolute Gasteiger partial charge is 0.334 e. The number of nitrogens with zero attached hydrogens (tertiary/aromatic N) is 2. The van der Waals surface area contributed by atoms with E-state index in [4.69, 9.17) is 23.7 Å². The Labute approximate surface area is 324 Å². The largest absolute Gasteiger partial charge is 0.459 e. The Morgan fingerprint density at radius 1 is 0.964 bits per heavy atom. The number of cyclic esters (lactones) is 1. The van der Waals surface area contributed by atoms with Gasteiger partial charge in [0.15, 0.2) is 6.29 Å². The molecule has 0 bridgehead atoms. The van der Waals surface area contributed by atoms with E-state index in [1.807, 2.05) is 6.92 Å². The molecular weight excluding hydrogens is 734 g/mol. The summed E-state index contributed by atoms with van der Waals surface area (Å²) in [6, 6.07) is -1.34. The number of carbonyl (C=O) groups is 5. The fourth-order valence-electron chi connectivity index (χ4n) is 11.7. The molecule has 8 rings (SSSR count). The topological polar surface area (TPSA) is 234 Å². The van der Waals surface area contributed by atoms with Gasteiger partial charge in [-0.2, -0.15) is 0 Å². The Kier molecular flexibility index (Phi) is 9.89. The number of piperazine rings is 1. The summed E-state index contributed by atoms with van der Waals surface area (Å²) < 4.78 is 30.6. The Hall–Kier alpha value is -3.19. The van der Waals surface area contributed by atoms with E-state index in [0.717, 1.165) is 24.0 Å². The molecule has 5 heterocycles. The average molecular weight is 790 g/mol. The number of aliphatic hydroxyl groups is 4. The molecule has 56 heavy (non-hydrogen) atoms. The van der Waals surface area contributed by atoms with Gasteiger partial charge in [-0.05, 0) is 43.6 Å². The first-order valence-electron chi connectivity index (χ1n) is 20.1. The maximum Gasteiger partial charge on any atom is 0.334 e. The summed E-state index contributed by atoms with van der Waals surface area (Å²) in [5, 5.41) is 42.0. The normalized spacial score (nSPS) is 43.4. The number of epoxide rings is 1. The van der Waals surface area contributed by atoms with Crippen molar-refractivity contribution in [3.8, 4) is 0 Å². The van der Waals surface area contributed by atoms with Crippen LogP contribution in [0, 0.1) is 28.6 Å². The Bertz CT molecular complexity index is 1700. The summed E-state index contributed by atoms with van der Waals surface area (Å²) in [7, 11) is 0. The van der Waals surface area contributed by atoms with Crippen LogP contribution in [-0.4, -0.2) is 160 Å². The number of nitrogens with one attached hydrogen (secondary N) is 1. The predicted octanol–water partition coefficient (Wildman–Crippen LogP) is -1.08. The van der Waals surface area contributed by atoms with E-state index < -0.39 is 66.4 Å². The lowest BCUT2D eigenvalue weighted by molar-refractivity contribution is -0.265. The highest BCUT2D eigenvalue weighted by atomic mass is 16.7. The van der Waals surface area contributed by atoms with Crippen molar-refractivity contribution in [2.75, 3.05) is 46.0 Å². The maximum atomic E-state index is 13.7. The molecule has 17 heteroatoms. The molecule has 6 fully saturated rings. The van der Waals surface area contributed by atoms with Crippen molar-refractivity contribution in [2.24, 2.45) is 28.6 Å². The number of aliphatic hydroxyl groups excluding tert-OH is 4. The summed E-state index contributed by atoms with van der Waals surface area (Å²) in [4.78, 5) is 68.0. The number of fused-ring (bicyclic) bond motifs is 4. The van der Waals surface area contributed by atoms with E-state index >= 15 is 0 Å². The van der Waals surface area contributed by atoms with Crippen LogP contribution in [0.1, 0.15) is 72.6 Å². The van der Waals surface area contributed by atoms with E-state index in [9.17, 15) is 44.4 Å². The molecule has 3 aliphatic carbocycles. The molecule has 17 nitrogen and oxygen atoms in total. The number of esters is 2. The first-order chi connectivity index (χ1) is 26.5. The van der Waals surface area contributed by atoms with Gasteiger partial charge in [0.05, 0.1) is 25.7 Å². The lowest BCUT2D eigenvalue weighted by Crippen LogP contribution is -2.73. The number of hydrogen-bond donors (Lipinski definition) is 5. The van der Waals surface area contributed by atoms with Gasteiger partial charge in [0.2, 0.25) is 17.7 Å². The third kappa shape index (κ3) is 5.77. The minimum Gasteiger partial charge on any atom is -0.459 e. The van der Waals surface area contributed by atoms with Crippen LogP contribution in [0.25, 0.3) is 0 Å². The number of hydrogen-bond acceptors (Lipinski definition) is 14. The van der Waals surface area contributed by atoms with Gasteiger partial charge in [-0.25, -0.2) is 4.79 Å². The van der Waals surface area contributed by atoms with Crippen molar-refractivity contribution in [2.45, 2.75) is 127 Å². The Balaban J connectivity index is 0.832. The van der Waals surface area contributed by atoms with Crippen LogP contribution in [0.4, 0.5) is 0 Å². The second-order valence-corrected chi connectivity index (χ2v) is 17.8. The van der Waals surface area contributed by atoms with Crippen molar-refractivity contribution in [3.63, 3.8) is 0 Å². The molecule has 0 aromatic rings. The monoisotopic (exact) mass is 789 g/mol. The second-order valence-electron chi connectivity index (χ2n) is 17.8. The summed E-state index contributed by atoms with van der Waals surface area (Å²) in [5.41, 5.74) is -0.476. The van der Waals surface area contributed by atoms with Crippen LogP contribution in [-0.2, 0) is 47.7 Å². The molecule has 5 aliphatic heterocycles. The van der Waals surface area contributed by atoms with Gasteiger partial charge in [-0.3, -0.25) is 19.2 Å². The van der Waals surface area contributed by atoms with Crippen molar-refractivity contribution < 1.29 is 68.1 Å². The van der Waals surface area contributed by atoms with Gasteiger partial charge in [0, 0.05) is 67.8 Å². The molecule has 4 saturated heterocycles. The quantitative estimate of drug-likeness (QED) is 0.131. The highest BCUT2D eigenvalue weighted by Gasteiger charge is 2.93. The zero-order chi connectivity index (χ0) is 40.1. The maximum absolute atomic E-state index is 13.7. The fraction of sp³-hybridized carbons (Fsp3) is 0.821. The molecule has 1 spiro atoms. The van der Waals surface area contributed by atoms with Crippen LogP contribution in [0.3, 0.4) is 0 Å². The van der Waals surface area contributed by atoms with E-state index in [-0.39, 0.29) is 111 Å². The second kappa shape index (κ2) is 14.0. The molecule has 13 atom stereocenters. The number of carbonyl (C=O) groups excluding carboxylic acids is 5. The minimum absolute atomic E-state index is 0.0296. The van der Waals surface area contributed by atoms with E-state index in [1.54, 1.807) is 9.80 Å². The highest BCUT2D eigenvalue weighted by Crippen LogP contribution is 2.82. The molecular formula is C39H55N3O14. The van der Waals surface area contributed by atoms with Crippen LogP contribution in [0.5, 0.6) is 0 Å². The lowest BCUT2D eigenvalue weighted by Gasteiger charge is -2.61. The third-order valence-corrected chi connectivity index (χ3v) is 15.0. The molecule has 0 radical (unpaired) electrons. The molecule has 2 saturated carbocycles. The molecule has 5 N–H and O–H groups in total. The highest BCUT2D eigenvalue weighted by molar-refractivity contribution is 5.92. The lowest BCUT2D eigenvalue weighted by atomic mass is 9.49.